The number of hydrogen-bond acceptors (Lipinski definition) is 5. The van der Waals surface area contributed by atoms with E-state index in [1.54, 1.807) is 7.11 Å². The summed E-state index contributed by atoms with van der Waals surface area (Å²) in [4.78, 5) is 22.5. The van der Waals surface area contributed by atoms with E-state index in [9.17, 15) is 4.79 Å². The van der Waals surface area contributed by atoms with Crippen LogP contribution in [-0.4, -0.2) is 42.2 Å². The normalized spacial score (nSPS) is 21.6. The molecule has 6 heteroatoms. The van der Waals surface area contributed by atoms with E-state index in [1.165, 1.54) is 44.1 Å². The van der Waals surface area contributed by atoms with Crippen molar-refractivity contribution in [1.82, 2.24) is 9.88 Å². The molecule has 3 heterocycles. The Morgan fingerprint density at radius 2 is 1.77 bits per heavy atom. The molecule has 1 aromatic heterocycles. The number of benzene rings is 2. The molecule has 3 fully saturated rings. The lowest BCUT2D eigenvalue weighted by atomic mass is 9.83. The molecule has 0 radical (unpaired) electrons. The van der Waals surface area contributed by atoms with E-state index in [2.05, 4.69) is 61.2 Å². The molecule has 6 rings (SSSR count). The molecular formula is C33H39N3O3. The van der Waals surface area contributed by atoms with E-state index in [1.807, 2.05) is 17.0 Å². The van der Waals surface area contributed by atoms with Gasteiger partial charge in [0, 0.05) is 24.2 Å². The minimum Gasteiger partial charge on any atom is -0.496 e. The zero-order valence-corrected chi connectivity index (χ0v) is 23.4. The number of aryl methyl sites for hydroxylation is 1. The second-order valence-electron chi connectivity index (χ2n) is 11.4. The zero-order chi connectivity index (χ0) is 26.9. The summed E-state index contributed by atoms with van der Waals surface area (Å²) in [5, 5.41) is 0. The van der Waals surface area contributed by atoms with Crippen LogP contribution in [0.1, 0.15) is 79.9 Å². The number of aromatic nitrogens is 1. The van der Waals surface area contributed by atoms with Gasteiger partial charge in [-0.15, -0.1) is 0 Å². The summed E-state index contributed by atoms with van der Waals surface area (Å²) in [5.41, 5.74) is 6.51. The van der Waals surface area contributed by atoms with Gasteiger partial charge in [0.25, 0.3) is 0 Å². The maximum absolute atomic E-state index is 13.2. The molecule has 1 aliphatic carbocycles. The first-order chi connectivity index (χ1) is 19.0. The number of ether oxygens (including phenoxy) is 2. The molecule has 39 heavy (non-hydrogen) atoms. The van der Waals surface area contributed by atoms with Crippen molar-refractivity contribution in [2.45, 2.75) is 77.0 Å². The predicted octanol–water partition coefficient (Wildman–Crippen LogP) is 7.41. The number of amides is 1. The standard InChI is InChI=1S/C33H39N3O3/c1-22-9-7-12-26(19-22)32-23(2)36(33(37)39-32)21-29-27(14-16-31(34-29)35-17-8-18-35)28-20-25(13-15-30(28)38-3)24-10-5-4-6-11-24/h7,9,12-16,19-20,23-24,32H,4-6,8,10-11,17-18,21H2,1-3H3/t23-,32?/m0/s1. The van der Waals surface area contributed by atoms with Gasteiger partial charge >= 0.3 is 6.09 Å². The van der Waals surface area contributed by atoms with Crippen LogP contribution in [0.4, 0.5) is 10.6 Å². The van der Waals surface area contributed by atoms with E-state index in [0.29, 0.717) is 12.5 Å². The summed E-state index contributed by atoms with van der Waals surface area (Å²) >= 11 is 0. The lowest BCUT2D eigenvalue weighted by molar-refractivity contribution is 0.130. The fraction of sp³-hybridized carbons (Fsp3) is 0.455. The van der Waals surface area contributed by atoms with Crippen molar-refractivity contribution < 1.29 is 14.3 Å². The number of hydrogen-bond donors (Lipinski definition) is 0. The van der Waals surface area contributed by atoms with Gasteiger partial charge in [-0.3, -0.25) is 4.90 Å². The second kappa shape index (κ2) is 10.9. The van der Waals surface area contributed by atoms with E-state index >= 15 is 0 Å². The number of carbonyl (C=O) groups is 1. The topological polar surface area (TPSA) is 54.9 Å². The molecule has 1 unspecified atom stereocenters. The molecule has 2 aliphatic heterocycles. The molecule has 0 N–H and O–H groups in total. The van der Waals surface area contributed by atoms with E-state index in [-0.39, 0.29) is 18.2 Å². The third-order valence-corrected chi connectivity index (χ3v) is 8.81. The predicted molar refractivity (Wildman–Crippen MR) is 154 cm³/mol. The lowest BCUT2D eigenvalue weighted by Gasteiger charge is -2.33. The van der Waals surface area contributed by atoms with Crippen molar-refractivity contribution in [2.24, 2.45) is 0 Å². The number of anilines is 1. The van der Waals surface area contributed by atoms with Crippen molar-refractivity contribution >= 4 is 11.9 Å². The third-order valence-electron chi connectivity index (χ3n) is 8.81. The summed E-state index contributed by atoms with van der Waals surface area (Å²) in [5.74, 6) is 2.39. The Labute approximate surface area is 231 Å². The van der Waals surface area contributed by atoms with Gasteiger partial charge in [0.1, 0.15) is 17.7 Å². The Balaban J connectivity index is 1.37. The van der Waals surface area contributed by atoms with Gasteiger partial charge in [-0.25, -0.2) is 9.78 Å². The Morgan fingerprint density at radius 3 is 2.49 bits per heavy atom. The van der Waals surface area contributed by atoms with Gasteiger partial charge in [-0.1, -0.05) is 55.2 Å². The summed E-state index contributed by atoms with van der Waals surface area (Å²) in [6.07, 6.45) is 6.98. The Hall–Kier alpha value is -3.54. The van der Waals surface area contributed by atoms with Crippen LogP contribution >= 0.6 is 0 Å². The van der Waals surface area contributed by atoms with Crippen LogP contribution < -0.4 is 9.64 Å². The third kappa shape index (κ3) is 5.09. The summed E-state index contributed by atoms with van der Waals surface area (Å²) in [6.45, 7) is 6.56. The molecule has 0 bridgehead atoms. The largest absolute Gasteiger partial charge is 0.496 e. The van der Waals surface area contributed by atoms with Crippen molar-refractivity contribution in [2.75, 3.05) is 25.1 Å². The van der Waals surface area contributed by atoms with Crippen molar-refractivity contribution in [3.63, 3.8) is 0 Å². The molecule has 1 amide bonds. The average molecular weight is 526 g/mol. The monoisotopic (exact) mass is 525 g/mol. The quantitative estimate of drug-likeness (QED) is 0.322. The maximum atomic E-state index is 13.2. The number of pyridine rings is 1. The van der Waals surface area contributed by atoms with Gasteiger partial charge in [-0.2, -0.15) is 0 Å². The lowest BCUT2D eigenvalue weighted by Crippen LogP contribution is -2.38. The summed E-state index contributed by atoms with van der Waals surface area (Å²) in [6, 6.07) is 19.0. The Kier molecular flexibility index (Phi) is 7.20. The minimum atomic E-state index is -0.302. The summed E-state index contributed by atoms with van der Waals surface area (Å²) < 4.78 is 11.8. The minimum absolute atomic E-state index is 0.114. The highest BCUT2D eigenvalue weighted by Gasteiger charge is 2.40. The van der Waals surface area contributed by atoms with Gasteiger partial charge in [0.15, 0.2) is 0 Å². The second-order valence-corrected chi connectivity index (χ2v) is 11.4. The maximum Gasteiger partial charge on any atom is 0.411 e. The zero-order valence-electron chi connectivity index (χ0n) is 23.4. The van der Waals surface area contributed by atoms with Crippen LogP contribution in [0, 0.1) is 6.92 Å². The first-order valence-corrected chi connectivity index (χ1v) is 14.5. The highest BCUT2D eigenvalue weighted by atomic mass is 16.6. The average Bonchev–Trinajstić information content (AvgIpc) is 3.21. The van der Waals surface area contributed by atoms with Crippen LogP contribution in [0.15, 0.2) is 54.6 Å². The molecule has 6 nitrogen and oxygen atoms in total. The highest BCUT2D eigenvalue weighted by Crippen LogP contribution is 2.41. The number of carbonyl (C=O) groups excluding carboxylic acids is 1. The Bertz CT molecular complexity index is 1350. The molecule has 204 valence electrons. The molecule has 2 saturated heterocycles. The molecule has 3 aromatic rings. The number of cyclic esters (lactones) is 1. The van der Waals surface area contributed by atoms with Crippen LogP contribution in [0.3, 0.4) is 0 Å². The molecule has 1 saturated carbocycles. The first kappa shape index (κ1) is 25.7. The van der Waals surface area contributed by atoms with Crippen LogP contribution in [0.5, 0.6) is 5.75 Å². The van der Waals surface area contributed by atoms with Gasteiger partial charge < -0.3 is 14.4 Å². The van der Waals surface area contributed by atoms with Crippen LogP contribution in [-0.2, 0) is 11.3 Å². The van der Waals surface area contributed by atoms with Gasteiger partial charge in [-0.05, 0) is 74.4 Å². The van der Waals surface area contributed by atoms with Gasteiger partial charge in [0.05, 0.1) is 25.4 Å². The van der Waals surface area contributed by atoms with E-state index in [4.69, 9.17) is 14.5 Å². The van der Waals surface area contributed by atoms with Crippen molar-refractivity contribution in [1.29, 1.82) is 0 Å². The highest BCUT2D eigenvalue weighted by molar-refractivity contribution is 5.76. The number of nitrogens with zero attached hydrogens (tertiary/aromatic N) is 3. The first-order valence-electron chi connectivity index (χ1n) is 14.5. The Morgan fingerprint density at radius 1 is 0.949 bits per heavy atom. The van der Waals surface area contributed by atoms with Crippen molar-refractivity contribution in [3.05, 3.63) is 77.0 Å². The van der Waals surface area contributed by atoms with Crippen LogP contribution in [0.2, 0.25) is 0 Å². The molecule has 2 atom stereocenters. The number of rotatable bonds is 7. The molecular weight excluding hydrogens is 486 g/mol. The summed E-state index contributed by atoms with van der Waals surface area (Å²) in [7, 11) is 1.73. The number of methoxy groups -OCH3 is 1. The van der Waals surface area contributed by atoms with Crippen LogP contribution in [0.25, 0.3) is 11.1 Å². The fourth-order valence-corrected chi connectivity index (χ4v) is 6.37. The van der Waals surface area contributed by atoms with E-state index < -0.39 is 0 Å². The molecule has 3 aliphatic rings. The molecule has 2 aromatic carbocycles. The van der Waals surface area contributed by atoms with E-state index in [0.717, 1.165) is 52.6 Å². The SMILES string of the molecule is COc1ccc(C2CCCCC2)cc1-c1ccc(N2CCC2)nc1CN1C(=O)OC(c2cccc(C)c2)[C@@H]1C. The molecule has 0 spiro atoms. The smallest absolute Gasteiger partial charge is 0.411 e. The fourth-order valence-electron chi connectivity index (χ4n) is 6.37. The van der Waals surface area contributed by atoms with Crippen molar-refractivity contribution in [3.8, 4) is 16.9 Å². The van der Waals surface area contributed by atoms with Gasteiger partial charge in [0.2, 0.25) is 0 Å².